The van der Waals surface area contributed by atoms with Gasteiger partial charge in [-0.05, 0) is 18.0 Å². The van der Waals surface area contributed by atoms with Gasteiger partial charge in [0, 0.05) is 13.0 Å². The molecule has 0 aromatic carbocycles. The zero-order chi connectivity index (χ0) is 11.4. The topological polar surface area (TPSA) is 83.6 Å². The number of aromatic nitrogens is 4. The van der Waals surface area contributed by atoms with Crippen molar-refractivity contribution in [3.63, 3.8) is 0 Å². The lowest BCUT2D eigenvalue weighted by Crippen LogP contribution is -2.12. The molecule has 0 aliphatic carbocycles. The van der Waals surface area contributed by atoms with Crippen LogP contribution in [0.1, 0.15) is 12.8 Å². The summed E-state index contributed by atoms with van der Waals surface area (Å²) in [5, 5.41) is 2.91. The highest BCUT2D eigenvalue weighted by atomic mass is 35.5. The third-order valence-corrected chi connectivity index (χ3v) is 2.23. The summed E-state index contributed by atoms with van der Waals surface area (Å²) < 4.78 is 0. The Balaban J connectivity index is 0.000000138. The van der Waals surface area contributed by atoms with Gasteiger partial charge in [0.05, 0.1) is 12.5 Å². The fourth-order valence-corrected chi connectivity index (χ4v) is 1.42. The third kappa shape index (κ3) is 2.66. The van der Waals surface area contributed by atoms with Crippen molar-refractivity contribution in [2.45, 2.75) is 12.8 Å². The standard InChI is InChI=1S/C5H3ClN4.C4H7NO/c6-5-7-1-3-4(10-5)9-2-8-3;6-4-2-1-3-5-4/h1-2H,(H,7,8,9,10);1-3H2,(H,5,6). The minimum atomic E-state index is 0.204. The van der Waals surface area contributed by atoms with Crippen LogP contribution in [0.15, 0.2) is 12.5 Å². The van der Waals surface area contributed by atoms with Crippen molar-refractivity contribution in [1.29, 1.82) is 0 Å². The van der Waals surface area contributed by atoms with Crippen LogP contribution in [0.25, 0.3) is 11.2 Å². The van der Waals surface area contributed by atoms with E-state index < -0.39 is 0 Å². The molecule has 1 aliphatic heterocycles. The van der Waals surface area contributed by atoms with Crippen molar-refractivity contribution in [2.24, 2.45) is 0 Å². The number of amides is 1. The van der Waals surface area contributed by atoms with E-state index in [4.69, 9.17) is 11.6 Å². The first kappa shape index (κ1) is 10.8. The van der Waals surface area contributed by atoms with E-state index in [1.54, 1.807) is 12.5 Å². The first-order valence-corrected chi connectivity index (χ1v) is 5.22. The number of hydrogen-bond donors (Lipinski definition) is 2. The molecule has 2 aromatic heterocycles. The molecule has 1 aliphatic rings. The molecule has 1 amide bonds. The number of imidazole rings is 1. The zero-order valence-electron chi connectivity index (χ0n) is 8.40. The van der Waals surface area contributed by atoms with E-state index in [1.165, 1.54) is 0 Å². The van der Waals surface area contributed by atoms with Gasteiger partial charge >= 0.3 is 0 Å². The largest absolute Gasteiger partial charge is 0.356 e. The van der Waals surface area contributed by atoms with E-state index in [0.717, 1.165) is 24.9 Å². The van der Waals surface area contributed by atoms with Gasteiger partial charge in [-0.3, -0.25) is 4.79 Å². The van der Waals surface area contributed by atoms with Gasteiger partial charge in [0.15, 0.2) is 5.65 Å². The van der Waals surface area contributed by atoms with Crippen LogP contribution in [0.3, 0.4) is 0 Å². The van der Waals surface area contributed by atoms with Crippen molar-refractivity contribution in [1.82, 2.24) is 25.3 Å². The molecule has 0 radical (unpaired) electrons. The Kier molecular flexibility index (Phi) is 3.31. The number of H-pyrrole nitrogens is 1. The molecule has 16 heavy (non-hydrogen) atoms. The van der Waals surface area contributed by atoms with Crippen LogP contribution in [-0.2, 0) is 4.79 Å². The summed E-state index contributed by atoms with van der Waals surface area (Å²) in [5.74, 6) is 0.204. The molecule has 6 nitrogen and oxygen atoms in total. The molecule has 3 rings (SSSR count). The van der Waals surface area contributed by atoms with E-state index in [0.29, 0.717) is 5.65 Å². The maximum absolute atomic E-state index is 10.1. The molecule has 0 bridgehead atoms. The van der Waals surface area contributed by atoms with Crippen LogP contribution in [-0.4, -0.2) is 32.4 Å². The molecule has 7 heteroatoms. The minimum absolute atomic E-state index is 0.204. The van der Waals surface area contributed by atoms with Crippen LogP contribution in [0.4, 0.5) is 0 Å². The number of nitrogens with one attached hydrogen (secondary N) is 2. The normalized spacial score (nSPS) is 14.4. The molecular formula is C9H10ClN5O. The maximum atomic E-state index is 10.1. The van der Waals surface area contributed by atoms with Gasteiger partial charge in [0.2, 0.25) is 11.2 Å². The van der Waals surface area contributed by atoms with Gasteiger partial charge in [-0.1, -0.05) is 0 Å². The second-order valence-corrected chi connectivity index (χ2v) is 3.57. The highest BCUT2D eigenvalue weighted by molar-refractivity contribution is 6.28. The van der Waals surface area contributed by atoms with Crippen LogP contribution < -0.4 is 5.32 Å². The molecule has 1 saturated heterocycles. The van der Waals surface area contributed by atoms with Gasteiger partial charge < -0.3 is 10.3 Å². The summed E-state index contributed by atoms with van der Waals surface area (Å²) in [6, 6.07) is 0. The van der Waals surface area contributed by atoms with Gasteiger partial charge in [-0.25, -0.2) is 9.97 Å². The van der Waals surface area contributed by atoms with Gasteiger partial charge in [0.1, 0.15) is 5.52 Å². The Hall–Kier alpha value is -1.69. The van der Waals surface area contributed by atoms with Crippen molar-refractivity contribution in [3.05, 3.63) is 17.8 Å². The van der Waals surface area contributed by atoms with Crippen LogP contribution in [0, 0.1) is 0 Å². The Bertz CT molecular complexity index is 489. The van der Waals surface area contributed by atoms with Crippen molar-refractivity contribution >= 4 is 28.7 Å². The first-order chi connectivity index (χ1) is 7.75. The molecule has 84 valence electrons. The Labute approximate surface area is 96.5 Å². The molecule has 3 heterocycles. The molecular weight excluding hydrogens is 230 g/mol. The number of carbonyl (C=O) groups is 1. The molecule has 1 fully saturated rings. The average Bonchev–Trinajstić information content (AvgIpc) is 2.88. The molecule has 2 aromatic rings. The lowest BCUT2D eigenvalue weighted by atomic mass is 10.4. The lowest BCUT2D eigenvalue weighted by molar-refractivity contribution is -0.119. The number of aromatic amines is 1. The number of rotatable bonds is 0. The Morgan fingerprint density at radius 2 is 2.25 bits per heavy atom. The van der Waals surface area contributed by atoms with Crippen LogP contribution in [0.5, 0.6) is 0 Å². The smallest absolute Gasteiger partial charge is 0.224 e. The highest BCUT2D eigenvalue weighted by Crippen LogP contribution is 2.06. The predicted octanol–water partition coefficient (Wildman–Crippen LogP) is 0.903. The Morgan fingerprint density at radius 3 is 2.88 bits per heavy atom. The van der Waals surface area contributed by atoms with Gasteiger partial charge in [0.25, 0.3) is 0 Å². The number of nitrogens with zero attached hydrogens (tertiary/aromatic N) is 3. The summed E-state index contributed by atoms with van der Waals surface area (Å²) in [6.45, 7) is 0.888. The predicted molar refractivity (Wildman–Crippen MR) is 58.9 cm³/mol. The van der Waals surface area contributed by atoms with E-state index in [2.05, 4.69) is 25.3 Å². The summed E-state index contributed by atoms with van der Waals surface area (Å²) in [7, 11) is 0. The highest BCUT2D eigenvalue weighted by Gasteiger charge is 2.05. The summed E-state index contributed by atoms with van der Waals surface area (Å²) in [6.07, 6.45) is 4.88. The zero-order valence-corrected chi connectivity index (χ0v) is 9.16. The Morgan fingerprint density at radius 1 is 1.38 bits per heavy atom. The average molecular weight is 240 g/mol. The van der Waals surface area contributed by atoms with E-state index in [-0.39, 0.29) is 11.2 Å². The summed E-state index contributed by atoms with van der Waals surface area (Å²) >= 11 is 5.51. The second kappa shape index (κ2) is 4.89. The van der Waals surface area contributed by atoms with Gasteiger partial charge in [-0.2, -0.15) is 4.98 Å². The number of hydrogen-bond acceptors (Lipinski definition) is 4. The molecule has 0 atom stereocenters. The first-order valence-electron chi connectivity index (χ1n) is 4.84. The SMILES string of the molecule is Clc1ncc2nc[nH]c2n1.O=C1CCCN1. The second-order valence-electron chi connectivity index (χ2n) is 3.23. The number of carbonyl (C=O) groups excluding carboxylic acids is 1. The quantitative estimate of drug-likeness (QED) is 0.669. The fourth-order valence-electron chi connectivity index (χ4n) is 1.28. The minimum Gasteiger partial charge on any atom is -0.356 e. The van der Waals surface area contributed by atoms with Crippen LogP contribution >= 0.6 is 11.6 Å². The lowest BCUT2D eigenvalue weighted by Gasteiger charge is -1.85. The number of fused-ring (bicyclic) bond motifs is 1. The number of halogens is 1. The maximum Gasteiger partial charge on any atom is 0.224 e. The molecule has 0 saturated carbocycles. The third-order valence-electron chi connectivity index (χ3n) is 2.05. The van der Waals surface area contributed by atoms with Crippen molar-refractivity contribution in [3.8, 4) is 0 Å². The summed E-state index contributed by atoms with van der Waals surface area (Å²) in [4.78, 5) is 24.5. The molecule has 0 spiro atoms. The van der Waals surface area contributed by atoms with E-state index >= 15 is 0 Å². The summed E-state index contributed by atoms with van der Waals surface area (Å²) in [5.41, 5.74) is 1.39. The monoisotopic (exact) mass is 239 g/mol. The van der Waals surface area contributed by atoms with Crippen LogP contribution in [0.2, 0.25) is 5.28 Å². The van der Waals surface area contributed by atoms with E-state index in [1.807, 2.05) is 0 Å². The van der Waals surface area contributed by atoms with Crippen molar-refractivity contribution < 1.29 is 4.79 Å². The molecule has 2 N–H and O–H groups in total. The molecule has 0 unspecified atom stereocenters. The van der Waals surface area contributed by atoms with Gasteiger partial charge in [-0.15, -0.1) is 0 Å². The van der Waals surface area contributed by atoms with Crippen molar-refractivity contribution in [2.75, 3.05) is 6.54 Å². The van der Waals surface area contributed by atoms with E-state index in [9.17, 15) is 4.79 Å². The fraction of sp³-hybridized carbons (Fsp3) is 0.333.